The van der Waals surface area contributed by atoms with Gasteiger partial charge in [-0.2, -0.15) is 0 Å². The van der Waals surface area contributed by atoms with Crippen LogP contribution in [0.5, 0.6) is 0 Å². The van der Waals surface area contributed by atoms with Crippen LogP contribution in [0.25, 0.3) is 0 Å². The summed E-state index contributed by atoms with van der Waals surface area (Å²) in [6.07, 6.45) is 10.1. The summed E-state index contributed by atoms with van der Waals surface area (Å²) in [5.74, 6) is -0.929. The second kappa shape index (κ2) is 4.83. The molecule has 19 heavy (non-hydrogen) atoms. The molecule has 1 aromatic heterocycles. The summed E-state index contributed by atoms with van der Waals surface area (Å²) < 4.78 is 0. The highest BCUT2D eigenvalue weighted by Gasteiger charge is 2.41. The first-order valence-corrected chi connectivity index (χ1v) is 7.17. The first-order valence-electron chi connectivity index (χ1n) is 7.17. The number of aromatic amines is 1. The van der Waals surface area contributed by atoms with Crippen molar-refractivity contribution in [1.82, 2.24) is 10.3 Å². The summed E-state index contributed by atoms with van der Waals surface area (Å²) in [4.78, 5) is 26.6. The number of H-pyrrole nitrogens is 1. The van der Waals surface area contributed by atoms with Gasteiger partial charge in [0, 0.05) is 12.2 Å². The van der Waals surface area contributed by atoms with E-state index in [1.165, 1.54) is 32.1 Å². The maximum absolute atomic E-state index is 11.9. The van der Waals surface area contributed by atoms with Crippen molar-refractivity contribution in [3.8, 4) is 0 Å². The number of carbonyl (C=O) groups excluding carboxylic acids is 2. The van der Waals surface area contributed by atoms with Gasteiger partial charge in [0.25, 0.3) is 11.7 Å². The molecule has 1 unspecified atom stereocenters. The number of ketones is 1. The van der Waals surface area contributed by atoms with Crippen LogP contribution in [-0.4, -0.2) is 22.7 Å². The standard InChI is InChI=1S/C15H20N2O2/c18-13(12-5-2-9-16-12)14(19)17-11-4-1-6-15(10-11)7-3-8-15/h2,5,9,11,16H,1,3-4,6-8,10H2,(H,17,19). The monoisotopic (exact) mass is 260 g/mol. The second-order valence-electron chi connectivity index (χ2n) is 6.03. The fourth-order valence-electron chi connectivity index (χ4n) is 3.55. The van der Waals surface area contributed by atoms with E-state index >= 15 is 0 Å². The molecule has 0 bridgehead atoms. The third-order valence-corrected chi connectivity index (χ3v) is 4.74. The van der Waals surface area contributed by atoms with Gasteiger partial charge in [-0.05, 0) is 49.7 Å². The van der Waals surface area contributed by atoms with Crippen molar-refractivity contribution in [2.75, 3.05) is 0 Å². The van der Waals surface area contributed by atoms with Crippen molar-refractivity contribution in [2.24, 2.45) is 5.41 Å². The highest BCUT2D eigenvalue weighted by Crippen LogP contribution is 2.51. The van der Waals surface area contributed by atoms with Crippen LogP contribution in [0.1, 0.15) is 55.4 Å². The van der Waals surface area contributed by atoms with Gasteiger partial charge in [-0.15, -0.1) is 0 Å². The van der Waals surface area contributed by atoms with E-state index in [2.05, 4.69) is 10.3 Å². The molecule has 4 nitrogen and oxygen atoms in total. The van der Waals surface area contributed by atoms with Crippen LogP contribution in [0.3, 0.4) is 0 Å². The minimum Gasteiger partial charge on any atom is -0.358 e. The zero-order valence-electron chi connectivity index (χ0n) is 11.1. The third kappa shape index (κ3) is 2.44. The Hall–Kier alpha value is -1.58. The molecule has 1 atom stereocenters. The highest BCUT2D eigenvalue weighted by molar-refractivity contribution is 6.42. The summed E-state index contributed by atoms with van der Waals surface area (Å²) >= 11 is 0. The van der Waals surface area contributed by atoms with Gasteiger partial charge < -0.3 is 10.3 Å². The Bertz CT molecular complexity index is 474. The lowest BCUT2D eigenvalue weighted by Crippen LogP contribution is -2.46. The van der Waals surface area contributed by atoms with Crippen molar-refractivity contribution in [3.05, 3.63) is 24.0 Å². The molecule has 0 radical (unpaired) electrons. The lowest BCUT2D eigenvalue weighted by atomic mass is 9.60. The van der Waals surface area contributed by atoms with Gasteiger partial charge in [0.2, 0.25) is 0 Å². The van der Waals surface area contributed by atoms with E-state index in [9.17, 15) is 9.59 Å². The molecule has 102 valence electrons. The Labute approximate surface area is 113 Å². The van der Waals surface area contributed by atoms with Crippen LogP contribution in [0.4, 0.5) is 0 Å². The minimum atomic E-state index is -0.469. The molecule has 2 aliphatic carbocycles. The molecule has 4 heteroatoms. The maximum atomic E-state index is 11.9. The number of nitrogens with one attached hydrogen (secondary N) is 2. The predicted octanol–water partition coefficient (Wildman–Crippen LogP) is 2.43. The Morgan fingerprint density at radius 3 is 2.68 bits per heavy atom. The first kappa shape index (κ1) is 12.5. The summed E-state index contributed by atoms with van der Waals surface area (Å²) in [6.45, 7) is 0. The number of hydrogen-bond acceptors (Lipinski definition) is 2. The number of rotatable bonds is 3. The Morgan fingerprint density at radius 1 is 1.26 bits per heavy atom. The van der Waals surface area contributed by atoms with Crippen molar-refractivity contribution < 1.29 is 9.59 Å². The van der Waals surface area contributed by atoms with Crippen molar-refractivity contribution >= 4 is 11.7 Å². The molecule has 1 heterocycles. The van der Waals surface area contributed by atoms with E-state index in [1.54, 1.807) is 18.3 Å². The SMILES string of the molecule is O=C(NC1CCCC2(CCC2)C1)C(=O)c1ccc[nH]1. The van der Waals surface area contributed by atoms with E-state index in [0.29, 0.717) is 11.1 Å². The minimum absolute atomic E-state index is 0.181. The molecule has 0 saturated heterocycles. The van der Waals surface area contributed by atoms with E-state index in [-0.39, 0.29) is 6.04 Å². The first-order chi connectivity index (χ1) is 9.19. The molecular formula is C15H20N2O2. The maximum Gasteiger partial charge on any atom is 0.294 e. The molecule has 2 aliphatic rings. The molecule has 1 aromatic rings. The zero-order valence-corrected chi connectivity index (χ0v) is 11.1. The largest absolute Gasteiger partial charge is 0.358 e. The molecule has 0 aromatic carbocycles. The number of carbonyl (C=O) groups is 2. The third-order valence-electron chi connectivity index (χ3n) is 4.74. The Balaban J connectivity index is 1.59. The molecule has 2 fully saturated rings. The van der Waals surface area contributed by atoms with Crippen LogP contribution >= 0.6 is 0 Å². The molecule has 0 aliphatic heterocycles. The summed E-state index contributed by atoms with van der Waals surface area (Å²) in [6, 6.07) is 3.54. The van der Waals surface area contributed by atoms with Gasteiger partial charge in [-0.1, -0.05) is 12.8 Å². The molecule has 1 amide bonds. The topological polar surface area (TPSA) is 62.0 Å². The number of hydrogen-bond donors (Lipinski definition) is 2. The van der Waals surface area contributed by atoms with E-state index in [4.69, 9.17) is 0 Å². The van der Waals surface area contributed by atoms with Crippen molar-refractivity contribution in [3.63, 3.8) is 0 Å². The quantitative estimate of drug-likeness (QED) is 0.647. The fourth-order valence-corrected chi connectivity index (χ4v) is 3.55. The van der Waals surface area contributed by atoms with Crippen LogP contribution < -0.4 is 5.32 Å². The van der Waals surface area contributed by atoms with Crippen LogP contribution in [0.15, 0.2) is 18.3 Å². The second-order valence-corrected chi connectivity index (χ2v) is 6.03. The number of aromatic nitrogens is 1. The molecule has 2 saturated carbocycles. The lowest BCUT2D eigenvalue weighted by Gasteiger charge is -2.47. The predicted molar refractivity (Wildman–Crippen MR) is 71.8 cm³/mol. The van der Waals surface area contributed by atoms with Gasteiger partial charge in [-0.25, -0.2) is 0 Å². The zero-order chi connectivity index (χ0) is 13.3. The fraction of sp³-hybridized carbons (Fsp3) is 0.600. The smallest absolute Gasteiger partial charge is 0.294 e. The summed E-state index contributed by atoms with van der Waals surface area (Å²) in [5.41, 5.74) is 0.845. The van der Waals surface area contributed by atoms with E-state index in [1.807, 2.05) is 0 Å². The summed E-state index contributed by atoms with van der Waals surface area (Å²) in [7, 11) is 0. The van der Waals surface area contributed by atoms with Gasteiger partial charge in [0.05, 0.1) is 5.69 Å². The van der Waals surface area contributed by atoms with Gasteiger partial charge in [0.1, 0.15) is 0 Å². The van der Waals surface area contributed by atoms with Gasteiger partial charge in [0.15, 0.2) is 0 Å². The molecular weight excluding hydrogens is 240 g/mol. The Morgan fingerprint density at radius 2 is 2.05 bits per heavy atom. The van der Waals surface area contributed by atoms with Crippen LogP contribution in [0.2, 0.25) is 0 Å². The van der Waals surface area contributed by atoms with E-state index in [0.717, 1.165) is 12.8 Å². The number of amides is 1. The van der Waals surface area contributed by atoms with Crippen LogP contribution in [-0.2, 0) is 4.79 Å². The molecule has 1 spiro atoms. The lowest BCUT2D eigenvalue weighted by molar-refractivity contribution is -0.118. The molecule has 3 rings (SSSR count). The van der Waals surface area contributed by atoms with Crippen LogP contribution in [0, 0.1) is 5.41 Å². The van der Waals surface area contributed by atoms with Gasteiger partial charge in [-0.3, -0.25) is 9.59 Å². The highest BCUT2D eigenvalue weighted by atomic mass is 16.2. The average molecular weight is 260 g/mol. The van der Waals surface area contributed by atoms with Gasteiger partial charge >= 0.3 is 0 Å². The normalized spacial score (nSPS) is 24.7. The van der Waals surface area contributed by atoms with E-state index < -0.39 is 11.7 Å². The number of Topliss-reactive ketones (excluding diaryl/α,β-unsaturated/α-hetero) is 1. The average Bonchev–Trinajstić information content (AvgIpc) is 2.90. The van der Waals surface area contributed by atoms with Crippen molar-refractivity contribution in [1.29, 1.82) is 0 Å². The van der Waals surface area contributed by atoms with Crippen molar-refractivity contribution in [2.45, 2.75) is 51.0 Å². The Kier molecular flexibility index (Phi) is 3.17. The molecule has 2 N–H and O–H groups in total. The summed E-state index contributed by atoms with van der Waals surface area (Å²) in [5, 5.41) is 2.92.